The molecule has 0 aromatic heterocycles. The standard InChI is InChI=1S/C11H14F3NO.ClH/c1-6-3-8(4-7(2)10(6)16)9(15)5-11(12,13)14;/h3-4,9,16H,5,15H2,1-2H3;1H/t9-;/m0./s1. The lowest BCUT2D eigenvalue weighted by atomic mass is 9.99. The fraction of sp³-hybridized carbons (Fsp3) is 0.455. The minimum atomic E-state index is -4.28. The summed E-state index contributed by atoms with van der Waals surface area (Å²) in [5.41, 5.74) is 6.93. The van der Waals surface area contributed by atoms with Crippen LogP contribution in [0.1, 0.15) is 29.2 Å². The maximum atomic E-state index is 12.1. The van der Waals surface area contributed by atoms with E-state index in [4.69, 9.17) is 5.73 Å². The first-order valence-electron chi connectivity index (χ1n) is 4.83. The molecule has 0 aliphatic carbocycles. The van der Waals surface area contributed by atoms with Gasteiger partial charge in [0, 0.05) is 6.04 Å². The Kier molecular flexibility index (Phi) is 5.29. The van der Waals surface area contributed by atoms with Gasteiger partial charge in [-0.3, -0.25) is 0 Å². The molecule has 1 atom stereocenters. The highest BCUT2D eigenvalue weighted by Crippen LogP contribution is 2.31. The van der Waals surface area contributed by atoms with Gasteiger partial charge in [-0.2, -0.15) is 13.2 Å². The average Bonchev–Trinajstić information content (AvgIpc) is 2.10. The van der Waals surface area contributed by atoms with E-state index in [0.29, 0.717) is 16.7 Å². The van der Waals surface area contributed by atoms with Gasteiger partial charge < -0.3 is 10.8 Å². The Balaban J connectivity index is 0.00000256. The van der Waals surface area contributed by atoms with Crippen LogP contribution in [-0.4, -0.2) is 11.3 Å². The maximum Gasteiger partial charge on any atom is 0.390 e. The summed E-state index contributed by atoms with van der Waals surface area (Å²) in [6, 6.07) is 1.88. The third-order valence-corrected chi connectivity index (χ3v) is 2.39. The third-order valence-electron chi connectivity index (χ3n) is 2.39. The number of phenols is 1. The van der Waals surface area contributed by atoms with Gasteiger partial charge in [0.25, 0.3) is 0 Å². The molecule has 0 radical (unpaired) electrons. The summed E-state index contributed by atoms with van der Waals surface area (Å²) in [4.78, 5) is 0. The van der Waals surface area contributed by atoms with Crippen LogP contribution >= 0.6 is 12.4 Å². The normalized spacial score (nSPS) is 13.1. The van der Waals surface area contributed by atoms with E-state index in [9.17, 15) is 18.3 Å². The fourth-order valence-corrected chi connectivity index (χ4v) is 1.57. The minimum absolute atomic E-state index is 0. The molecule has 0 unspecified atom stereocenters. The van der Waals surface area contributed by atoms with Gasteiger partial charge in [0.15, 0.2) is 0 Å². The van der Waals surface area contributed by atoms with Crippen molar-refractivity contribution in [3.63, 3.8) is 0 Å². The van der Waals surface area contributed by atoms with Gasteiger partial charge >= 0.3 is 6.18 Å². The Hall–Kier alpha value is -0.940. The molecule has 1 aromatic rings. The van der Waals surface area contributed by atoms with Crippen molar-refractivity contribution >= 4 is 12.4 Å². The van der Waals surface area contributed by atoms with Crippen LogP contribution < -0.4 is 5.73 Å². The van der Waals surface area contributed by atoms with Crippen LogP contribution in [0.2, 0.25) is 0 Å². The van der Waals surface area contributed by atoms with Crippen LogP contribution in [0.5, 0.6) is 5.75 Å². The van der Waals surface area contributed by atoms with Crippen molar-refractivity contribution in [2.75, 3.05) is 0 Å². The molecule has 17 heavy (non-hydrogen) atoms. The van der Waals surface area contributed by atoms with Crippen LogP contribution in [0.4, 0.5) is 13.2 Å². The van der Waals surface area contributed by atoms with Gasteiger partial charge in [0.05, 0.1) is 6.42 Å². The van der Waals surface area contributed by atoms with Crippen LogP contribution in [0.3, 0.4) is 0 Å². The first kappa shape index (κ1) is 16.1. The number of hydrogen-bond donors (Lipinski definition) is 2. The molecule has 0 heterocycles. The summed E-state index contributed by atoms with van der Waals surface area (Å²) in [7, 11) is 0. The Labute approximate surface area is 104 Å². The molecule has 0 saturated carbocycles. The summed E-state index contributed by atoms with van der Waals surface area (Å²) in [6.45, 7) is 3.26. The van der Waals surface area contributed by atoms with E-state index in [-0.39, 0.29) is 18.2 Å². The van der Waals surface area contributed by atoms with E-state index < -0.39 is 18.6 Å². The summed E-state index contributed by atoms with van der Waals surface area (Å²) < 4.78 is 36.4. The minimum Gasteiger partial charge on any atom is -0.507 e. The number of hydrogen-bond acceptors (Lipinski definition) is 2. The fourth-order valence-electron chi connectivity index (χ4n) is 1.57. The topological polar surface area (TPSA) is 46.2 Å². The Morgan fingerprint density at radius 3 is 2.00 bits per heavy atom. The average molecular weight is 270 g/mol. The Morgan fingerprint density at radius 2 is 1.65 bits per heavy atom. The molecule has 0 saturated heterocycles. The van der Waals surface area contributed by atoms with Crippen molar-refractivity contribution < 1.29 is 18.3 Å². The lowest BCUT2D eigenvalue weighted by Crippen LogP contribution is -2.20. The smallest absolute Gasteiger partial charge is 0.390 e. The number of phenolic OH excluding ortho intramolecular Hbond substituents is 1. The van der Waals surface area contributed by atoms with Crippen molar-refractivity contribution in [2.24, 2.45) is 5.73 Å². The second-order valence-corrected chi connectivity index (χ2v) is 3.93. The summed E-state index contributed by atoms with van der Waals surface area (Å²) >= 11 is 0. The molecule has 0 spiro atoms. The molecule has 0 bridgehead atoms. The van der Waals surface area contributed by atoms with E-state index in [1.807, 2.05) is 0 Å². The quantitative estimate of drug-likeness (QED) is 0.864. The van der Waals surface area contributed by atoms with Crippen LogP contribution in [0.15, 0.2) is 12.1 Å². The van der Waals surface area contributed by atoms with E-state index >= 15 is 0 Å². The van der Waals surface area contributed by atoms with Crippen molar-refractivity contribution in [1.82, 2.24) is 0 Å². The molecule has 3 N–H and O–H groups in total. The van der Waals surface area contributed by atoms with Gasteiger partial charge in [-0.1, -0.05) is 12.1 Å². The zero-order valence-electron chi connectivity index (χ0n) is 9.51. The van der Waals surface area contributed by atoms with Crippen LogP contribution in [0, 0.1) is 13.8 Å². The molecule has 0 amide bonds. The van der Waals surface area contributed by atoms with Crippen molar-refractivity contribution in [3.8, 4) is 5.75 Å². The van der Waals surface area contributed by atoms with Crippen LogP contribution in [-0.2, 0) is 0 Å². The highest BCUT2D eigenvalue weighted by atomic mass is 35.5. The first-order valence-corrected chi connectivity index (χ1v) is 4.83. The highest BCUT2D eigenvalue weighted by Gasteiger charge is 2.31. The number of halogens is 4. The lowest BCUT2D eigenvalue weighted by molar-refractivity contribution is -0.138. The van der Waals surface area contributed by atoms with E-state index in [1.165, 1.54) is 12.1 Å². The van der Waals surface area contributed by atoms with Crippen LogP contribution in [0.25, 0.3) is 0 Å². The summed E-state index contributed by atoms with van der Waals surface area (Å²) in [5.74, 6) is 0.1000. The zero-order chi connectivity index (χ0) is 12.5. The van der Waals surface area contributed by atoms with Crippen molar-refractivity contribution in [1.29, 1.82) is 0 Å². The molecule has 0 fully saturated rings. The SMILES string of the molecule is Cc1cc([C@@H](N)CC(F)(F)F)cc(C)c1O.Cl. The van der Waals surface area contributed by atoms with E-state index in [2.05, 4.69) is 0 Å². The van der Waals surface area contributed by atoms with E-state index in [1.54, 1.807) is 13.8 Å². The lowest BCUT2D eigenvalue weighted by Gasteiger charge is -2.16. The van der Waals surface area contributed by atoms with Gasteiger partial charge in [0.1, 0.15) is 5.75 Å². The molecule has 1 rings (SSSR count). The molecular weight excluding hydrogens is 255 g/mol. The molecule has 1 aromatic carbocycles. The predicted octanol–water partition coefficient (Wildman–Crippen LogP) is 3.38. The monoisotopic (exact) mass is 269 g/mol. The van der Waals surface area contributed by atoms with Crippen molar-refractivity contribution in [3.05, 3.63) is 28.8 Å². The van der Waals surface area contributed by atoms with Gasteiger partial charge in [-0.15, -0.1) is 12.4 Å². The predicted molar refractivity (Wildman–Crippen MR) is 62.4 cm³/mol. The summed E-state index contributed by atoms with van der Waals surface area (Å²) in [5, 5.41) is 9.48. The highest BCUT2D eigenvalue weighted by molar-refractivity contribution is 5.85. The molecular formula is C11H15ClF3NO. The second kappa shape index (κ2) is 5.60. The number of aryl methyl sites for hydroxylation is 2. The third kappa shape index (κ3) is 4.44. The number of aromatic hydroxyl groups is 1. The molecule has 0 aliphatic rings. The molecule has 2 nitrogen and oxygen atoms in total. The number of rotatable bonds is 2. The number of nitrogens with two attached hydrogens (primary N) is 1. The molecule has 98 valence electrons. The Morgan fingerprint density at radius 1 is 1.24 bits per heavy atom. The second-order valence-electron chi connectivity index (χ2n) is 3.93. The number of benzene rings is 1. The van der Waals surface area contributed by atoms with E-state index in [0.717, 1.165) is 0 Å². The van der Waals surface area contributed by atoms with Gasteiger partial charge in [-0.05, 0) is 30.5 Å². The van der Waals surface area contributed by atoms with Gasteiger partial charge in [0.2, 0.25) is 0 Å². The zero-order valence-corrected chi connectivity index (χ0v) is 10.3. The largest absolute Gasteiger partial charge is 0.507 e. The Bertz CT molecular complexity index is 370. The maximum absolute atomic E-state index is 12.1. The van der Waals surface area contributed by atoms with Crippen molar-refractivity contribution in [2.45, 2.75) is 32.5 Å². The summed E-state index contributed by atoms with van der Waals surface area (Å²) in [6.07, 6.45) is -5.34. The molecule has 0 aliphatic heterocycles. The number of alkyl halides is 3. The van der Waals surface area contributed by atoms with Gasteiger partial charge in [-0.25, -0.2) is 0 Å². The first-order chi connectivity index (χ1) is 7.20. The molecule has 6 heteroatoms.